The van der Waals surface area contributed by atoms with E-state index in [9.17, 15) is 4.79 Å². The van der Waals surface area contributed by atoms with Crippen molar-refractivity contribution in [3.05, 3.63) is 36.4 Å². The molecular formula is C23H26O7. The van der Waals surface area contributed by atoms with E-state index in [4.69, 9.17) is 28.4 Å². The maximum absolute atomic E-state index is 12.8. The lowest BCUT2D eigenvalue weighted by Crippen LogP contribution is -2.31. The third kappa shape index (κ3) is 4.40. The van der Waals surface area contributed by atoms with Gasteiger partial charge in [0, 0.05) is 12.1 Å². The molecule has 0 amide bonds. The molecule has 0 spiro atoms. The third-order valence-electron chi connectivity index (χ3n) is 5.56. The molecule has 4 rings (SSSR count). The fourth-order valence-electron chi connectivity index (χ4n) is 3.37. The molecule has 0 aromatic heterocycles. The van der Waals surface area contributed by atoms with Gasteiger partial charge in [0.25, 0.3) is 0 Å². The molecule has 0 saturated carbocycles. The molecule has 1 atom stereocenters. The second-order valence-corrected chi connectivity index (χ2v) is 7.64. The first kappa shape index (κ1) is 20.2. The van der Waals surface area contributed by atoms with Gasteiger partial charge in [-0.1, -0.05) is 6.92 Å². The van der Waals surface area contributed by atoms with Crippen molar-refractivity contribution < 1.29 is 33.2 Å². The summed E-state index contributed by atoms with van der Waals surface area (Å²) in [4.78, 5) is 12.8. The van der Waals surface area contributed by atoms with Crippen LogP contribution in [-0.2, 0) is 4.79 Å². The summed E-state index contributed by atoms with van der Waals surface area (Å²) in [7, 11) is 0. The molecule has 0 fully saturated rings. The molecule has 2 aromatic carbocycles. The average molecular weight is 414 g/mol. The van der Waals surface area contributed by atoms with E-state index in [2.05, 4.69) is 0 Å². The highest BCUT2D eigenvalue weighted by Crippen LogP contribution is 2.37. The van der Waals surface area contributed by atoms with Crippen molar-refractivity contribution >= 4 is 5.97 Å². The Bertz CT molecular complexity index is 910. The molecule has 160 valence electrons. The van der Waals surface area contributed by atoms with Crippen molar-refractivity contribution in [1.82, 2.24) is 0 Å². The van der Waals surface area contributed by atoms with Gasteiger partial charge in [0.2, 0.25) is 13.6 Å². The molecule has 2 heterocycles. The highest BCUT2D eigenvalue weighted by Gasteiger charge is 2.33. The van der Waals surface area contributed by atoms with E-state index in [-0.39, 0.29) is 19.6 Å². The van der Waals surface area contributed by atoms with E-state index < -0.39 is 5.41 Å². The topological polar surface area (TPSA) is 72.5 Å². The summed E-state index contributed by atoms with van der Waals surface area (Å²) in [6, 6.07) is 10.7. The van der Waals surface area contributed by atoms with Crippen molar-refractivity contribution in [3.8, 4) is 34.5 Å². The Balaban J connectivity index is 1.24. The van der Waals surface area contributed by atoms with Crippen LogP contribution >= 0.6 is 0 Å². The predicted molar refractivity (Wildman–Crippen MR) is 109 cm³/mol. The molecule has 2 aliphatic heterocycles. The Kier molecular flexibility index (Phi) is 5.88. The highest BCUT2D eigenvalue weighted by atomic mass is 16.7. The van der Waals surface area contributed by atoms with Crippen LogP contribution in [0, 0.1) is 5.41 Å². The summed E-state index contributed by atoms with van der Waals surface area (Å²) in [5.41, 5.74) is -0.560. The van der Waals surface area contributed by atoms with E-state index in [1.165, 1.54) is 0 Å². The Morgan fingerprint density at radius 2 is 1.50 bits per heavy atom. The zero-order chi connectivity index (χ0) is 21.0. The van der Waals surface area contributed by atoms with E-state index in [1.807, 2.05) is 32.0 Å². The van der Waals surface area contributed by atoms with Gasteiger partial charge in [-0.15, -0.1) is 0 Å². The van der Waals surface area contributed by atoms with Crippen molar-refractivity contribution in [2.24, 2.45) is 5.41 Å². The lowest BCUT2D eigenvalue weighted by atomic mass is 9.82. The minimum Gasteiger partial charge on any atom is -0.493 e. The van der Waals surface area contributed by atoms with Crippen LogP contribution in [0.5, 0.6) is 34.5 Å². The summed E-state index contributed by atoms with van der Waals surface area (Å²) in [5.74, 6) is 3.68. The van der Waals surface area contributed by atoms with Gasteiger partial charge in [0.15, 0.2) is 23.0 Å². The summed E-state index contributed by atoms with van der Waals surface area (Å²) in [6.45, 7) is 4.95. The molecule has 30 heavy (non-hydrogen) atoms. The van der Waals surface area contributed by atoms with Crippen LogP contribution in [0.1, 0.15) is 39.5 Å². The molecule has 0 bridgehead atoms. The SMILES string of the molecule is CCC(C)(CCCCOc1ccc2c(c1)OCO2)C(=O)Oc1ccc2c(c1)OCO2. The van der Waals surface area contributed by atoms with E-state index in [1.54, 1.807) is 18.2 Å². The number of hydrogen-bond donors (Lipinski definition) is 0. The first-order valence-electron chi connectivity index (χ1n) is 10.2. The summed E-state index contributed by atoms with van der Waals surface area (Å²) in [6.07, 6.45) is 3.10. The number of carbonyl (C=O) groups is 1. The number of rotatable bonds is 9. The normalized spacial score (nSPS) is 15.5. The van der Waals surface area contributed by atoms with Gasteiger partial charge in [-0.25, -0.2) is 0 Å². The average Bonchev–Trinajstić information content (AvgIpc) is 3.41. The molecule has 0 aliphatic carbocycles. The number of unbranched alkanes of at least 4 members (excludes halogenated alkanes) is 1. The van der Waals surface area contributed by atoms with Gasteiger partial charge in [0.05, 0.1) is 12.0 Å². The number of carbonyl (C=O) groups excluding carboxylic acids is 1. The number of esters is 1. The smallest absolute Gasteiger partial charge is 0.317 e. The first-order valence-corrected chi connectivity index (χ1v) is 10.2. The van der Waals surface area contributed by atoms with E-state index in [0.717, 1.165) is 30.8 Å². The molecule has 0 N–H and O–H groups in total. The van der Waals surface area contributed by atoms with Crippen molar-refractivity contribution in [2.45, 2.75) is 39.5 Å². The van der Waals surface area contributed by atoms with Crippen LogP contribution in [-0.4, -0.2) is 26.2 Å². The van der Waals surface area contributed by atoms with E-state index >= 15 is 0 Å². The fraction of sp³-hybridized carbons (Fsp3) is 0.435. The van der Waals surface area contributed by atoms with Crippen molar-refractivity contribution in [1.29, 1.82) is 0 Å². The maximum atomic E-state index is 12.8. The molecule has 7 heteroatoms. The molecule has 1 unspecified atom stereocenters. The molecule has 2 aliphatic rings. The molecular weight excluding hydrogens is 388 g/mol. The van der Waals surface area contributed by atoms with Gasteiger partial charge in [-0.05, 0) is 56.9 Å². The monoisotopic (exact) mass is 414 g/mol. The number of fused-ring (bicyclic) bond motifs is 2. The van der Waals surface area contributed by atoms with Gasteiger partial charge in [0.1, 0.15) is 11.5 Å². The summed E-state index contributed by atoms with van der Waals surface area (Å²) < 4.78 is 32.7. The quantitative estimate of drug-likeness (QED) is 0.334. The molecule has 2 aromatic rings. The van der Waals surface area contributed by atoms with Crippen LogP contribution in [0.2, 0.25) is 0 Å². The van der Waals surface area contributed by atoms with Crippen LogP contribution in [0.25, 0.3) is 0 Å². The Morgan fingerprint density at radius 3 is 2.17 bits per heavy atom. The van der Waals surface area contributed by atoms with Gasteiger partial charge >= 0.3 is 5.97 Å². The Labute approximate surface area is 175 Å². The lowest BCUT2D eigenvalue weighted by molar-refractivity contribution is -0.145. The lowest BCUT2D eigenvalue weighted by Gasteiger charge is -2.25. The molecule has 0 saturated heterocycles. The zero-order valence-electron chi connectivity index (χ0n) is 17.3. The van der Waals surface area contributed by atoms with Crippen LogP contribution in [0.15, 0.2) is 36.4 Å². The number of ether oxygens (including phenoxy) is 6. The van der Waals surface area contributed by atoms with Crippen molar-refractivity contribution in [3.63, 3.8) is 0 Å². The number of benzene rings is 2. The zero-order valence-corrected chi connectivity index (χ0v) is 17.3. The summed E-state index contributed by atoms with van der Waals surface area (Å²) >= 11 is 0. The third-order valence-corrected chi connectivity index (χ3v) is 5.56. The number of hydrogen-bond acceptors (Lipinski definition) is 7. The molecule has 7 nitrogen and oxygen atoms in total. The summed E-state index contributed by atoms with van der Waals surface area (Å²) in [5, 5.41) is 0. The highest BCUT2D eigenvalue weighted by molar-refractivity contribution is 5.79. The van der Waals surface area contributed by atoms with E-state index in [0.29, 0.717) is 36.0 Å². The Morgan fingerprint density at radius 1 is 0.900 bits per heavy atom. The van der Waals surface area contributed by atoms with Crippen LogP contribution in [0.3, 0.4) is 0 Å². The van der Waals surface area contributed by atoms with Gasteiger partial charge in [-0.3, -0.25) is 4.79 Å². The first-order chi connectivity index (χ1) is 14.6. The molecule has 0 radical (unpaired) electrons. The van der Waals surface area contributed by atoms with Gasteiger partial charge in [-0.2, -0.15) is 0 Å². The predicted octanol–water partition coefficient (Wildman–Crippen LogP) is 4.72. The van der Waals surface area contributed by atoms with Crippen LogP contribution < -0.4 is 28.4 Å². The van der Waals surface area contributed by atoms with Crippen LogP contribution in [0.4, 0.5) is 0 Å². The second-order valence-electron chi connectivity index (χ2n) is 7.64. The van der Waals surface area contributed by atoms with Crippen molar-refractivity contribution in [2.75, 3.05) is 20.2 Å². The minimum atomic E-state index is -0.560. The second kappa shape index (κ2) is 8.73. The minimum absolute atomic E-state index is 0.188. The standard InChI is InChI=1S/C23H26O7/c1-3-23(2,22(24)30-17-7-9-19-21(13-17)29-15-27-19)10-4-5-11-25-16-6-8-18-20(12-16)28-14-26-18/h6-9,12-13H,3-5,10-11,14-15H2,1-2H3. The van der Waals surface area contributed by atoms with Gasteiger partial charge < -0.3 is 28.4 Å². The maximum Gasteiger partial charge on any atom is 0.317 e. The fourth-order valence-corrected chi connectivity index (χ4v) is 3.37. The largest absolute Gasteiger partial charge is 0.493 e. The Hall–Kier alpha value is -3.09.